The maximum Gasteiger partial charge on any atom is 0.128 e. The Labute approximate surface area is 117 Å². The van der Waals surface area contributed by atoms with E-state index in [-0.39, 0.29) is 0 Å². The molecule has 1 unspecified atom stereocenters. The number of rotatable bonds is 1. The van der Waals surface area contributed by atoms with Gasteiger partial charge in [-0.3, -0.25) is 0 Å². The van der Waals surface area contributed by atoms with E-state index >= 15 is 0 Å². The minimum atomic E-state index is 0.516. The zero-order valence-corrected chi connectivity index (χ0v) is 12.2. The smallest absolute Gasteiger partial charge is 0.128 e. The second-order valence-electron chi connectivity index (χ2n) is 5.57. The molecule has 1 aromatic rings. The lowest BCUT2D eigenvalue weighted by molar-refractivity contribution is 0.209. The molecule has 2 heterocycles. The van der Waals surface area contributed by atoms with E-state index in [9.17, 15) is 0 Å². The number of piperidine rings is 1. The van der Waals surface area contributed by atoms with Gasteiger partial charge in [-0.25, -0.2) is 4.98 Å². The first-order valence-corrected chi connectivity index (χ1v) is 7.58. The highest BCUT2D eigenvalue weighted by Crippen LogP contribution is 2.41. The minimum absolute atomic E-state index is 0.516. The summed E-state index contributed by atoms with van der Waals surface area (Å²) in [6, 6.07) is 4.21. The minimum Gasteiger partial charge on any atom is -0.356 e. The van der Waals surface area contributed by atoms with E-state index < -0.39 is 0 Å². The van der Waals surface area contributed by atoms with Crippen molar-refractivity contribution >= 4 is 21.7 Å². The van der Waals surface area contributed by atoms with Crippen molar-refractivity contribution in [2.75, 3.05) is 18.0 Å². The van der Waals surface area contributed by atoms with Gasteiger partial charge in [0.15, 0.2) is 0 Å². The van der Waals surface area contributed by atoms with Crippen molar-refractivity contribution in [1.82, 2.24) is 4.98 Å². The molecule has 0 bridgehead atoms. The molecule has 0 saturated carbocycles. The average molecular weight is 307 g/mol. The average Bonchev–Trinajstić information content (AvgIpc) is 2.40. The quantitative estimate of drug-likeness (QED) is 0.724. The summed E-state index contributed by atoms with van der Waals surface area (Å²) in [5.41, 5.74) is 0.516. The molecule has 1 spiro atoms. The van der Waals surface area contributed by atoms with Crippen LogP contribution in [-0.4, -0.2) is 18.1 Å². The summed E-state index contributed by atoms with van der Waals surface area (Å²) in [5.74, 6) is 1.13. The predicted molar refractivity (Wildman–Crippen MR) is 78.8 cm³/mol. The molecule has 3 heteroatoms. The molecule has 0 aromatic carbocycles. The van der Waals surface area contributed by atoms with Gasteiger partial charge in [-0.05, 0) is 65.6 Å². The van der Waals surface area contributed by atoms with Gasteiger partial charge in [-0.15, -0.1) is 0 Å². The van der Waals surface area contributed by atoms with Crippen molar-refractivity contribution in [3.63, 3.8) is 0 Å². The number of hydrogen-bond acceptors (Lipinski definition) is 2. The third kappa shape index (κ3) is 2.46. The van der Waals surface area contributed by atoms with Crippen LogP contribution < -0.4 is 4.90 Å². The number of pyridine rings is 1. The number of allylic oxidation sites excluding steroid dienone is 2. The van der Waals surface area contributed by atoms with E-state index in [1.165, 1.54) is 38.6 Å². The lowest BCUT2D eigenvalue weighted by Gasteiger charge is -2.44. The summed E-state index contributed by atoms with van der Waals surface area (Å²) in [6.07, 6.45) is 13.1. The van der Waals surface area contributed by atoms with Gasteiger partial charge < -0.3 is 4.90 Å². The summed E-state index contributed by atoms with van der Waals surface area (Å²) in [4.78, 5) is 7.01. The molecule has 1 fully saturated rings. The van der Waals surface area contributed by atoms with Gasteiger partial charge in [0.2, 0.25) is 0 Å². The number of halogens is 1. The second kappa shape index (κ2) is 5.04. The van der Waals surface area contributed by atoms with E-state index in [0.717, 1.165) is 16.8 Å². The van der Waals surface area contributed by atoms with Gasteiger partial charge in [0, 0.05) is 23.8 Å². The molecule has 96 valence electrons. The van der Waals surface area contributed by atoms with Gasteiger partial charge in [-0.2, -0.15) is 0 Å². The lowest BCUT2D eigenvalue weighted by atomic mass is 9.71. The van der Waals surface area contributed by atoms with Gasteiger partial charge in [0.05, 0.1) is 0 Å². The van der Waals surface area contributed by atoms with Gasteiger partial charge in [-0.1, -0.05) is 12.2 Å². The molecule has 1 aliphatic heterocycles. The first-order chi connectivity index (χ1) is 8.77. The Balaban J connectivity index is 1.77. The van der Waals surface area contributed by atoms with E-state index in [1.54, 1.807) is 0 Å². The zero-order chi connectivity index (χ0) is 12.4. The van der Waals surface area contributed by atoms with Crippen LogP contribution in [0.3, 0.4) is 0 Å². The Hall–Kier alpha value is -0.830. The highest BCUT2D eigenvalue weighted by molar-refractivity contribution is 9.10. The van der Waals surface area contributed by atoms with E-state index in [2.05, 4.69) is 50.1 Å². The maximum absolute atomic E-state index is 4.54. The highest BCUT2D eigenvalue weighted by Gasteiger charge is 2.35. The van der Waals surface area contributed by atoms with Crippen LogP contribution in [0, 0.1) is 5.41 Å². The second-order valence-corrected chi connectivity index (χ2v) is 6.49. The van der Waals surface area contributed by atoms with E-state index in [1.807, 2.05) is 6.20 Å². The third-order valence-electron chi connectivity index (χ3n) is 4.26. The summed E-state index contributed by atoms with van der Waals surface area (Å²) in [5, 5.41) is 0. The normalized spacial score (nSPS) is 27.7. The highest BCUT2D eigenvalue weighted by atomic mass is 79.9. The Kier molecular flexibility index (Phi) is 3.42. The molecule has 2 nitrogen and oxygen atoms in total. The van der Waals surface area contributed by atoms with Crippen LogP contribution in [0.25, 0.3) is 0 Å². The van der Waals surface area contributed by atoms with E-state index in [0.29, 0.717) is 5.41 Å². The molecule has 0 amide bonds. The van der Waals surface area contributed by atoms with Crippen molar-refractivity contribution < 1.29 is 0 Å². The van der Waals surface area contributed by atoms with Crippen LogP contribution in [0.1, 0.15) is 32.1 Å². The summed E-state index contributed by atoms with van der Waals surface area (Å²) < 4.78 is 1.05. The molecule has 1 saturated heterocycles. The van der Waals surface area contributed by atoms with Crippen molar-refractivity contribution in [2.45, 2.75) is 32.1 Å². The van der Waals surface area contributed by atoms with Crippen molar-refractivity contribution in [3.8, 4) is 0 Å². The van der Waals surface area contributed by atoms with Crippen molar-refractivity contribution in [3.05, 3.63) is 35.0 Å². The molecule has 0 N–H and O–H groups in total. The van der Waals surface area contributed by atoms with Crippen LogP contribution in [0.4, 0.5) is 5.82 Å². The van der Waals surface area contributed by atoms with Gasteiger partial charge in [0.1, 0.15) is 5.82 Å². The molecule has 1 atom stereocenters. The van der Waals surface area contributed by atoms with Crippen molar-refractivity contribution in [2.24, 2.45) is 5.41 Å². The monoisotopic (exact) mass is 306 g/mol. The Morgan fingerprint density at radius 3 is 2.89 bits per heavy atom. The van der Waals surface area contributed by atoms with Crippen LogP contribution in [0.15, 0.2) is 35.0 Å². The zero-order valence-electron chi connectivity index (χ0n) is 10.6. The maximum atomic E-state index is 4.54. The molecule has 1 aromatic heterocycles. The SMILES string of the molecule is Brc1ccc(N2CCCC3(CC=CCC3)C2)nc1. The molecule has 3 rings (SSSR count). The molecule has 1 aliphatic carbocycles. The van der Waals surface area contributed by atoms with Crippen LogP contribution in [-0.2, 0) is 0 Å². The van der Waals surface area contributed by atoms with E-state index in [4.69, 9.17) is 0 Å². The Morgan fingerprint density at radius 1 is 1.22 bits per heavy atom. The first kappa shape index (κ1) is 12.2. The molecule has 2 aliphatic rings. The Morgan fingerprint density at radius 2 is 2.17 bits per heavy atom. The number of nitrogens with zero attached hydrogens (tertiary/aromatic N) is 2. The van der Waals surface area contributed by atoms with Crippen LogP contribution in [0.2, 0.25) is 0 Å². The van der Waals surface area contributed by atoms with Gasteiger partial charge in [0.25, 0.3) is 0 Å². The predicted octanol–water partition coefficient (Wildman–Crippen LogP) is 4.17. The first-order valence-electron chi connectivity index (χ1n) is 6.79. The fraction of sp³-hybridized carbons (Fsp3) is 0.533. The number of hydrogen-bond donors (Lipinski definition) is 0. The fourth-order valence-corrected chi connectivity index (χ4v) is 3.51. The number of anilines is 1. The van der Waals surface area contributed by atoms with Crippen LogP contribution in [0.5, 0.6) is 0 Å². The summed E-state index contributed by atoms with van der Waals surface area (Å²) >= 11 is 3.45. The lowest BCUT2D eigenvalue weighted by Crippen LogP contribution is -2.44. The fourth-order valence-electron chi connectivity index (χ4n) is 3.27. The molecular formula is C15H19BrN2. The Bertz CT molecular complexity index is 440. The molecular weight excluding hydrogens is 288 g/mol. The topological polar surface area (TPSA) is 16.1 Å². The standard InChI is InChI=1S/C15H19BrN2/c16-13-5-6-14(17-11-13)18-10-4-9-15(12-18)7-2-1-3-8-15/h1-2,5-6,11H,3-4,7-10,12H2. The molecule has 18 heavy (non-hydrogen) atoms. The summed E-state index contributed by atoms with van der Waals surface area (Å²) in [6.45, 7) is 2.33. The molecule has 0 radical (unpaired) electrons. The summed E-state index contributed by atoms with van der Waals surface area (Å²) in [7, 11) is 0. The van der Waals surface area contributed by atoms with Crippen LogP contribution >= 0.6 is 15.9 Å². The largest absolute Gasteiger partial charge is 0.356 e. The van der Waals surface area contributed by atoms with Gasteiger partial charge >= 0.3 is 0 Å². The third-order valence-corrected chi connectivity index (χ3v) is 4.73. The van der Waals surface area contributed by atoms with Crippen molar-refractivity contribution in [1.29, 1.82) is 0 Å². The number of aromatic nitrogens is 1.